The average molecular weight is 316 g/mol. The summed E-state index contributed by atoms with van der Waals surface area (Å²) in [7, 11) is 0. The highest BCUT2D eigenvalue weighted by Gasteiger charge is 2.29. The molecular weight excluding hydrogens is 288 g/mol. The first-order chi connectivity index (χ1) is 11.3. The van der Waals surface area contributed by atoms with Crippen LogP contribution >= 0.6 is 0 Å². The Hall–Kier alpha value is -1.39. The maximum Gasteiger partial charge on any atom is 0.225 e. The van der Waals surface area contributed by atoms with Gasteiger partial charge in [0.15, 0.2) is 0 Å². The van der Waals surface area contributed by atoms with Crippen molar-refractivity contribution in [3.63, 3.8) is 0 Å². The van der Waals surface area contributed by atoms with Gasteiger partial charge in [-0.2, -0.15) is 0 Å². The van der Waals surface area contributed by atoms with Crippen molar-refractivity contribution >= 4 is 5.91 Å². The Bertz CT molecular complexity index is 501. The molecule has 0 atom stereocenters. The average Bonchev–Trinajstić information content (AvgIpc) is 2.63. The van der Waals surface area contributed by atoms with Crippen LogP contribution in [0.5, 0.6) is 0 Å². The summed E-state index contributed by atoms with van der Waals surface area (Å²) in [5, 5.41) is 0. The summed E-state index contributed by atoms with van der Waals surface area (Å²) in [5.41, 5.74) is 2.77. The number of ether oxygens (including phenoxy) is 1. The predicted molar refractivity (Wildman–Crippen MR) is 91.2 cm³/mol. The Morgan fingerprint density at radius 3 is 2.26 bits per heavy atom. The van der Waals surface area contributed by atoms with Crippen LogP contribution in [0.1, 0.15) is 30.9 Å². The van der Waals surface area contributed by atoms with E-state index in [1.807, 2.05) is 4.90 Å². The van der Waals surface area contributed by atoms with Crippen LogP contribution in [0.2, 0.25) is 0 Å². The molecule has 23 heavy (non-hydrogen) atoms. The molecule has 0 saturated carbocycles. The van der Waals surface area contributed by atoms with E-state index >= 15 is 0 Å². The maximum absolute atomic E-state index is 12.5. The molecule has 0 N–H and O–H groups in total. The minimum absolute atomic E-state index is 0.215. The normalized spacial score (nSPS) is 20.7. The van der Waals surface area contributed by atoms with Gasteiger partial charge < -0.3 is 9.64 Å². The SMILES string of the molecule is CCc1ccc(CN2CCC(C(=O)N3CCOCC3)CC2)cc1. The predicted octanol–water partition coefficient (Wildman–Crippen LogP) is 2.32. The number of hydrogen-bond acceptors (Lipinski definition) is 3. The van der Waals surface area contributed by atoms with Crippen molar-refractivity contribution < 1.29 is 9.53 Å². The van der Waals surface area contributed by atoms with Gasteiger partial charge >= 0.3 is 0 Å². The molecule has 2 aliphatic heterocycles. The molecule has 0 bridgehead atoms. The number of rotatable bonds is 4. The third-order valence-electron chi connectivity index (χ3n) is 5.10. The van der Waals surface area contributed by atoms with E-state index in [0.717, 1.165) is 52.0 Å². The Morgan fingerprint density at radius 2 is 1.65 bits per heavy atom. The minimum atomic E-state index is 0.215. The van der Waals surface area contributed by atoms with E-state index in [0.29, 0.717) is 19.1 Å². The van der Waals surface area contributed by atoms with Crippen LogP contribution in [-0.2, 0) is 22.5 Å². The molecular formula is C19H28N2O2. The lowest BCUT2D eigenvalue weighted by Crippen LogP contribution is -2.46. The highest BCUT2D eigenvalue weighted by atomic mass is 16.5. The highest BCUT2D eigenvalue weighted by Crippen LogP contribution is 2.22. The van der Waals surface area contributed by atoms with Crippen molar-refractivity contribution in [2.75, 3.05) is 39.4 Å². The number of likely N-dealkylation sites (tertiary alicyclic amines) is 1. The molecule has 4 heteroatoms. The highest BCUT2D eigenvalue weighted by molar-refractivity contribution is 5.79. The van der Waals surface area contributed by atoms with Gasteiger partial charge in [-0.05, 0) is 43.5 Å². The van der Waals surface area contributed by atoms with E-state index < -0.39 is 0 Å². The molecule has 1 amide bonds. The van der Waals surface area contributed by atoms with Crippen LogP contribution in [0.3, 0.4) is 0 Å². The molecule has 126 valence electrons. The molecule has 2 heterocycles. The summed E-state index contributed by atoms with van der Waals surface area (Å²) in [6.45, 7) is 8.16. The molecule has 0 aromatic heterocycles. The van der Waals surface area contributed by atoms with Crippen molar-refractivity contribution in [2.24, 2.45) is 5.92 Å². The second-order valence-corrected chi connectivity index (χ2v) is 6.66. The van der Waals surface area contributed by atoms with Gasteiger partial charge in [-0.15, -0.1) is 0 Å². The number of nitrogens with zero attached hydrogens (tertiary/aromatic N) is 2. The number of hydrogen-bond donors (Lipinski definition) is 0. The molecule has 0 radical (unpaired) electrons. The lowest BCUT2D eigenvalue weighted by atomic mass is 9.94. The van der Waals surface area contributed by atoms with Gasteiger partial charge in [-0.1, -0.05) is 31.2 Å². The molecule has 4 nitrogen and oxygen atoms in total. The molecule has 3 rings (SSSR count). The number of carbonyl (C=O) groups is 1. The lowest BCUT2D eigenvalue weighted by Gasteiger charge is -2.35. The molecule has 2 fully saturated rings. The summed E-state index contributed by atoms with van der Waals surface area (Å²) in [4.78, 5) is 17.0. The van der Waals surface area contributed by atoms with Gasteiger partial charge in [-0.25, -0.2) is 0 Å². The van der Waals surface area contributed by atoms with Crippen molar-refractivity contribution in [2.45, 2.75) is 32.7 Å². The number of amides is 1. The number of piperidine rings is 1. The van der Waals surface area contributed by atoms with Crippen LogP contribution in [0.25, 0.3) is 0 Å². The van der Waals surface area contributed by atoms with E-state index in [-0.39, 0.29) is 5.92 Å². The number of morpholine rings is 1. The van der Waals surface area contributed by atoms with Crippen molar-refractivity contribution in [3.8, 4) is 0 Å². The lowest BCUT2D eigenvalue weighted by molar-refractivity contribution is -0.141. The number of aryl methyl sites for hydroxylation is 1. The zero-order valence-corrected chi connectivity index (χ0v) is 14.2. The smallest absolute Gasteiger partial charge is 0.225 e. The Kier molecular flexibility index (Phi) is 5.68. The maximum atomic E-state index is 12.5. The van der Waals surface area contributed by atoms with Gasteiger partial charge in [0, 0.05) is 25.6 Å². The fourth-order valence-electron chi connectivity index (χ4n) is 3.52. The largest absolute Gasteiger partial charge is 0.378 e. The van der Waals surface area contributed by atoms with Crippen molar-refractivity contribution in [1.29, 1.82) is 0 Å². The van der Waals surface area contributed by atoms with Gasteiger partial charge in [-0.3, -0.25) is 9.69 Å². The first-order valence-electron chi connectivity index (χ1n) is 8.93. The summed E-state index contributed by atoms with van der Waals surface area (Å²) < 4.78 is 5.33. The fourth-order valence-corrected chi connectivity index (χ4v) is 3.52. The Morgan fingerprint density at radius 1 is 1.04 bits per heavy atom. The van der Waals surface area contributed by atoms with Crippen LogP contribution in [-0.4, -0.2) is 55.1 Å². The zero-order valence-electron chi connectivity index (χ0n) is 14.2. The van der Waals surface area contributed by atoms with Crippen LogP contribution in [0.4, 0.5) is 0 Å². The van der Waals surface area contributed by atoms with Gasteiger partial charge in [0.05, 0.1) is 13.2 Å². The van der Waals surface area contributed by atoms with E-state index in [1.165, 1.54) is 11.1 Å². The first kappa shape index (κ1) is 16.5. The van der Waals surface area contributed by atoms with Crippen molar-refractivity contribution in [3.05, 3.63) is 35.4 Å². The van der Waals surface area contributed by atoms with E-state index in [1.54, 1.807) is 0 Å². The summed E-state index contributed by atoms with van der Waals surface area (Å²) in [6, 6.07) is 8.93. The molecule has 0 spiro atoms. The number of benzene rings is 1. The third kappa shape index (κ3) is 4.33. The van der Waals surface area contributed by atoms with Crippen LogP contribution < -0.4 is 0 Å². The molecule has 2 saturated heterocycles. The third-order valence-corrected chi connectivity index (χ3v) is 5.10. The van der Waals surface area contributed by atoms with E-state index in [4.69, 9.17) is 4.74 Å². The first-order valence-corrected chi connectivity index (χ1v) is 8.93. The molecule has 1 aromatic carbocycles. The quantitative estimate of drug-likeness (QED) is 0.854. The summed E-state index contributed by atoms with van der Waals surface area (Å²) >= 11 is 0. The van der Waals surface area contributed by atoms with E-state index in [2.05, 4.69) is 36.1 Å². The number of carbonyl (C=O) groups excluding carboxylic acids is 1. The second-order valence-electron chi connectivity index (χ2n) is 6.66. The van der Waals surface area contributed by atoms with E-state index in [9.17, 15) is 4.79 Å². The minimum Gasteiger partial charge on any atom is -0.378 e. The van der Waals surface area contributed by atoms with Gasteiger partial charge in [0.25, 0.3) is 0 Å². The molecule has 0 unspecified atom stereocenters. The summed E-state index contributed by atoms with van der Waals surface area (Å²) in [5.74, 6) is 0.562. The molecule has 1 aromatic rings. The topological polar surface area (TPSA) is 32.8 Å². The summed E-state index contributed by atoms with van der Waals surface area (Å²) in [6.07, 6.45) is 3.07. The Labute approximate surface area is 139 Å². The second kappa shape index (κ2) is 7.93. The standard InChI is InChI=1S/C19H28N2O2/c1-2-16-3-5-17(6-4-16)15-20-9-7-18(8-10-20)19(22)21-11-13-23-14-12-21/h3-6,18H,2,7-15H2,1H3. The fraction of sp³-hybridized carbons (Fsp3) is 0.632. The molecule has 0 aliphatic carbocycles. The Balaban J connectivity index is 1.46. The monoisotopic (exact) mass is 316 g/mol. The zero-order chi connectivity index (χ0) is 16.1. The van der Waals surface area contributed by atoms with Gasteiger partial charge in [0.2, 0.25) is 5.91 Å². The van der Waals surface area contributed by atoms with Crippen LogP contribution in [0.15, 0.2) is 24.3 Å². The van der Waals surface area contributed by atoms with Crippen molar-refractivity contribution in [1.82, 2.24) is 9.80 Å². The van der Waals surface area contributed by atoms with Gasteiger partial charge in [0.1, 0.15) is 0 Å². The van der Waals surface area contributed by atoms with Crippen LogP contribution in [0, 0.1) is 5.92 Å². The molecule has 2 aliphatic rings.